The lowest BCUT2D eigenvalue weighted by Gasteiger charge is -2.16. The van der Waals surface area contributed by atoms with Gasteiger partial charge in [0.15, 0.2) is 0 Å². The molecule has 1 unspecified atom stereocenters. The molecule has 4 heteroatoms. The van der Waals surface area contributed by atoms with Gasteiger partial charge in [-0.25, -0.2) is 0 Å². The van der Waals surface area contributed by atoms with Gasteiger partial charge >= 0.3 is 5.97 Å². The fraction of sp³-hybridized carbons (Fsp3) is 0.400. The molecule has 3 N–H and O–H groups in total. The van der Waals surface area contributed by atoms with Crippen molar-refractivity contribution in [2.24, 2.45) is 0 Å². The van der Waals surface area contributed by atoms with Crippen LogP contribution in [0.3, 0.4) is 0 Å². The van der Waals surface area contributed by atoms with Crippen molar-refractivity contribution < 1.29 is 9.90 Å². The molecule has 2 aromatic rings. The number of hydrogen-bond acceptors (Lipinski definition) is 2. The van der Waals surface area contributed by atoms with Gasteiger partial charge < -0.3 is 15.4 Å². The van der Waals surface area contributed by atoms with Crippen LogP contribution in [-0.2, 0) is 11.2 Å². The SMILES string of the molecule is Cc1ccc2[nH]cc(CC(NC(C)C)C(=O)O)c2c1. The topological polar surface area (TPSA) is 65.1 Å². The summed E-state index contributed by atoms with van der Waals surface area (Å²) in [5, 5.41) is 13.5. The molecule has 19 heavy (non-hydrogen) atoms. The molecule has 1 aromatic heterocycles. The first-order valence-corrected chi connectivity index (χ1v) is 6.53. The normalized spacial score (nSPS) is 13.1. The average molecular weight is 260 g/mol. The van der Waals surface area contributed by atoms with E-state index in [1.165, 1.54) is 5.56 Å². The van der Waals surface area contributed by atoms with Crippen LogP contribution in [0.4, 0.5) is 0 Å². The molecule has 0 saturated heterocycles. The number of hydrogen-bond donors (Lipinski definition) is 3. The fourth-order valence-corrected chi connectivity index (χ4v) is 2.30. The summed E-state index contributed by atoms with van der Waals surface area (Å²) in [6.07, 6.45) is 2.39. The first kappa shape index (κ1) is 13.6. The molecule has 0 aliphatic rings. The molecule has 4 nitrogen and oxygen atoms in total. The van der Waals surface area contributed by atoms with Gasteiger partial charge in [-0.05, 0) is 24.6 Å². The van der Waals surface area contributed by atoms with Crippen LogP contribution in [0.25, 0.3) is 10.9 Å². The lowest BCUT2D eigenvalue weighted by Crippen LogP contribution is -2.42. The van der Waals surface area contributed by atoms with E-state index in [1.54, 1.807) is 0 Å². The predicted molar refractivity (Wildman–Crippen MR) is 76.4 cm³/mol. The van der Waals surface area contributed by atoms with E-state index in [2.05, 4.69) is 16.4 Å². The van der Waals surface area contributed by atoms with E-state index in [1.807, 2.05) is 39.1 Å². The van der Waals surface area contributed by atoms with Gasteiger partial charge in [0.2, 0.25) is 0 Å². The van der Waals surface area contributed by atoms with Crippen molar-refractivity contribution in [1.29, 1.82) is 0 Å². The molecule has 2 rings (SSSR count). The standard InChI is InChI=1S/C15H20N2O2/c1-9(2)17-14(15(18)19)7-11-8-16-13-5-4-10(3)6-12(11)13/h4-6,8-9,14,16-17H,7H2,1-3H3,(H,18,19). The third-order valence-electron chi connectivity index (χ3n) is 3.18. The van der Waals surface area contributed by atoms with Crippen molar-refractivity contribution in [2.75, 3.05) is 0 Å². The Morgan fingerprint density at radius 3 is 2.79 bits per heavy atom. The number of rotatable bonds is 5. The van der Waals surface area contributed by atoms with E-state index in [-0.39, 0.29) is 6.04 Å². The summed E-state index contributed by atoms with van der Waals surface area (Å²) >= 11 is 0. The molecule has 0 amide bonds. The van der Waals surface area contributed by atoms with Crippen LogP contribution in [0.2, 0.25) is 0 Å². The minimum absolute atomic E-state index is 0.146. The summed E-state index contributed by atoms with van der Waals surface area (Å²) in [4.78, 5) is 14.5. The number of carboxylic acids is 1. The molecule has 0 spiro atoms. The number of aromatic amines is 1. The average Bonchev–Trinajstić information content (AvgIpc) is 2.70. The molecule has 0 bridgehead atoms. The van der Waals surface area contributed by atoms with Gasteiger partial charge in [0.25, 0.3) is 0 Å². The zero-order chi connectivity index (χ0) is 14.0. The number of aliphatic carboxylic acids is 1. The fourth-order valence-electron chi connectivity index (χ4n) is 2.30. The lowest BCUT2D eigenvalue weighted by atomic mass is 10.0. The number of aryl methyl sites for hydroxylation is 1. The van der Waals surface area contributed by atoms with Crippen molar-refractivity contribution in [2.45, 2.75) is 39.3 Å². The van der Waals surface area contributed by atoms with Crippen molar-refractivity contribution in [1.82, 2.24) is 10.3 Å². The van der Waals surface area contributed by atoms with Gasteiger partial charge in [-0.1, -0.05) is 25.5 Å². The summed E-state index contributed by atoms with van der Waals surface area (Å²) in [5.41, 5.74) is 3.27. The zero-order valence-electron chi connectivity index (χ0n) is 11.5. The Kier molecular flexibility index (Phi) is 3.90. The minimum atomic E-state index is -0.810. The first-order valence-electron chi connectivity index (χ1n) is 6.53. The number of carboxylic acid groups (broad SMARTS) is 1. The molecule has 1 atom stereocenters. The second-order valence-electron chi connectivity index (χ2n) is 5.28. The van der Waals surface area contributed by atoms with Crippen LogP contribution >= 0.6 is 0 Å². The molecule has 0 fully saturated rings. The van der Waals surface area contributed by atoms with Crippen LogP contribution in [-0.4, -0.2) is 28.1 Å². The monoisotopic (exact) mass is 260 g/mol. The Morgan fingerprint density at radius 1 is 1.42 bits per heavy atom. The Hall–Kier alpha value is -1.81. The van der Waals surface area contributed by atoms with Crippen LogP contribution in [0.1, 0.15) is 25.0 Å². The number of benzene rings is 1. The Morgan fingerprint density at radius 2 is 2.16 bits per heavy atom. The number of nitrogens with one attached hydrogen (secondary N) is 2. The largest absolute Gasteiger partial charge is 0.480 e. The minimum Gasteiger partial charge on any atom is -0.480 e. The summed E-state index contributed by atoms with van der Waals surface area (Å²) in [7, 11) is 0. The van der Waals surface area contributed by atoms with Crippen LogP contribution in [0, 0.1) is 6.92 Å². The van der Waals surface area contributed by atoms with E-state index in [4.69, 9.17) is 0 Å². The number of aromatic nitrogens is 1. The van der Waals surface area contributed by atoms with Gasteiger partial charge in [0.05, 0.1) is 0 Å². The Labute approximate surface area is 112 Å². The molecule has 1 aromatic carbocycles. The maximum Gasteiger partial charge on any atom is 0.321 e. The van der Waals surface area contributed by atoms with Crippen LogP contribution < -0.4 is 5.32 Å². The van der Waals surface area contributed by atoms with Gasteiger partial charge in [0.1, 0.15) is 6.04 Å². The smallest absolute Gasteiger partial charge is 0.321 e. The zero-order valence-corrected chi connectivity index (χ0v) is 11.5. The summed E-state index contributed by atoms with van der Waals surface area (Å²) in [6.45, 7) is 5.95. The predicted octanol–water partition coefficient (Wildman–Crippen LogP) is 2.47. The molecule has 0 aliphatic carbocycles. The third kappa shape index (κ3) is 3.15. The Balaban J connectivity index is 2.28. The van der Waals surface area contributed by atoms with Gasteiger partial charge in [-0.15, -0.1) is 0 Å². The summed E-state index contributed by atoms with van der Waals surface area (Å²) < 4.78 is 0. The van der Waals surface area contributed by atoms with E-state index in [0.717, 1.165) is 16.5 Å². The number of carbonyl (C=O) groups is 1. The molecular formula is C15H20N2O2. The second-order valence-corrected chi connectivity index (χ2v) is 5.28. The molecular weight excluding hydrogens is 240 g/mol. The van der Waals surface area contributed by atoms with Gasteiger partial charge in [-0.2, -0.15) is 0 Å². The van der Waals surface area contributed by atoms with Crippen molar-refractivity contribution in [3.63, 3.8) is 0 Å². The highest BCUT2D eigenvalue weighted by Crippen LogP contribution is 2.21. The highest BCUT2D eigenvalue weighted by Gasteiger charge is 2.20. The van der Waals surface area contributed by atoms with Crippen molar-refractivity contribution in [3.8, 4) is 0 Å². The second kappa shape index (κ2) is 5.45. The molecule has 0 aliphatic heterocycles. The summed E-state index contributed by atoms with van der Waals surface area (Å²) in [5.74, 6) is -0.810. The molecule has 1 heterocycles. The highest BCUT2D eigenvalue weighted by molar-refractivity contribution is 5.85. The first-order chi connectivity index (χ1) is 8.97. The van der Waals surface area contributed by atoms with E-state index in [9.17, 15) is 9.90 Å². The molecule has 102 valence electrons. The highest BCUT2D eigenvalue weighted by atomic mass is 16.4. The van der Waals surface area contributed by atoms with Crippen LogP contribution in [0.5, 0.6) is 0 Å². The molecule has 0 saturated carbocycles. The number of H-pyrrole nitrogens is 1. The Bertz CT molecular complexity index is 587. The van der Waals surface area contributed by atoms with Gasteiger partial charge in [-0.3, -0.25) is 4.79 Å². The van der Waals surface area contributed by atoms with E-state index in [0.29, 0.717) is 6.42 Å². The molecule has 0 radical (unpaired) electrons. The third-order valence-corrected chi connectivity index (χ3v) is 3.18. The van der Waals surface area contributed by atoms with E-state index >= 15 is 0 Å². The van der Waals surface area contributed by atoms with E-state index < -0.39 is 12.0 Å². The summed E-state index contributed by atoms with van der Waals surface area (Å²) in [6, 6.07) is 5.76. The van der Waals surface area contributed by atoms with Crippen molar-refractivity contribution in [3.05, 3.63) is 35.5 Å². The maximum atomic E-state index is 11.3. The van der Waals surface area contributed by atoms with Gasteiger partial charge in [0, 0.05) is 29.6 Å². The lowest BCUT2D eigenvalue weighted by molar-refractivity contribution is -0.139. The van der Waals surface area contributed by atoms with Crippen molar-refractivity contribution >= 4 is 16.9 Å². The number of fused-ring (bicyclic) bond motifs is 1. The maximum absolute atomic E-state index is 11.3. The van der Waals surface area contributed by atoms with Crippen LogP contribution in [0.15, 0.2) is 24.4 Å². The quantitative estimate of drug-likeness (QED) is 0.773.